The molecule has 142 valence electrons. The van der Waals surface area contributed by atoms with Crippen LogP contribution >= 0.6 is 0 Å². The second-order valence-corrected chi connectivity index (χ2v) is 7.00. The van der Waals surface area contributed by atoms with Gasteiger partial charge in [-0.3, -0.25) is 0 Å². The Kier molecular flexibility index (Phi) is 4.66. The van der Waals surface area contributed by atoms with E-state index < -0.39 is 22.0 Å². The van der Waals surface area contributed by atoms with Crippen LogP contribution in [0.15, 0.2) is 53.4 Å². The summed E-state index contributed by atoms with van der Waals surface area (Å²) in [5.41, 5.74) is 0.561. The number of methoxy groups -OCH3 is 1. The Morgan fingerprint density at radius 2 is 1.63 bits per heavy atom. The van der Waals surface area contributed by atoms with Gasteiger partial charge in [-0.1, -0.05) is 0 Å². The standard InChI is InChI=1S/C16H13F3N4O3S/c1-26-12-6-4-11(5-7-12)23-14(21-15(22-23)16(17,18)19)10-2-8-13(9-3-10)27(20,24)25/h2-9H,1H3,(H2,20,24,25). The molecule has 0 radical (unpaired) electrons. The fraction of sp³-hybridized carbons (Fsp3) is 0.125. The Balaban J connectivity index is 2.14. The fourth-order valence-corrected chi connectivity index (χ4v) is 2.83. The summed E-state index contributed by atoms with van der Waals surface area (Å²) < 4.78 is 68.0. The molecule has 2 aromatic carbocycles. The molecule has 0 aliphatic carbocycles. The number of aromatic nitrogens is 3. The molecule has 1 heterocycles. The number of hydrogen-bond donors (Lipinski definition) is 1. The summed E-state index contributed by atoms with van der Waals surface area (Å²) in [6.45, 7) is 0. The van der Waals surface area contributed by atoms with Crippen LogP contribution in [0.3, 0.4) is 0 Å². The minimum atomic E-state index is -4.74. The smallest absolute Gasteiger partial charge is 0.453 e. The van der Waals surface area contributed by atoms with Crippen LogP contribution < -0.4 is 9.88 Å². The van der Waals surface area contributed by atoms with Gasteiger partial charge in [0, 0.05) is 5.56 Å². The Bertz CT molecular complexity index is 1060. The van der Waals surface area contributed by atoms with Gasteiger partial charge in [0.05, 0.1) is 17.7 Å². The van der Waals surface area contributed by atoms with Crippen LogP contribution in [0.5, 0.6) is 5.75 Å². The van der Waals surface area contributed by atoms with Crippen molar-refractivity contribution in [2.75, 3.05) is 7.11 Å². The van der Waals surface area contributed by atoms with Crippen molar-refractivity contribution in [2.45, 2.75) is 11.1 Å². The number of rotatable bonds is 4. The Hall–Kier alpha value is -2.92. The first-order valence-corrected chi connectivity index (χ1v) is 8.96. The molecule has 0 spiro atoms. The van der Waals surface area contributed by atoms with Crippen LogP contribution in [-0.4, -0.2) is 30.3 Å². The van der Waals surface area contributed by atoms with E-state index in [2.05, 4.69) is 10.1 Å². The highest BCUT2D eigenvalue weighted by atomic mass is 32.2. The Morgan fingerprint density at radius 3 is 2.11 bits per heavy atom. The van der Waals surface area contributed by atoms with Crippen molar-refractivity contribution in [3.8, 4) is 22.8 Å². The zero-order chi connectivity index (χ0) is 19.8. The second kappa shape index (κ2) is 6.67. The van der Waals surface area contributed by atoms with Crippen LogP contribution in [0.4, 0.5) is 13.2 Å². The highest BCUT2D eigenvalue weighted by molar-refractivity contribution is 7.89. The van der Waals surface area contributed by atoms with Crippen LogP contribution in [0.2, 0.25) is 0 Å². The molecule has 0 unspecified atom stereocenters. The van der Waals surface area contributed by atoms with Crippen molar-refractivity contribution in [3.05, 3.63) is 54.4 Å². The molecule has 0 fully saturated rings. The monoisotopic (exact) mass is 398 g/mol. The molecule has 3 rings (SSSR count). The van der Waals surface area contributed by atoms with Gasteiger partial charge in [0.25, 0.3) is 5.82 Å². The first-order chi connectivity index (χ1) is 12.6. The van der Waals surface area contributed by atoms with Gasteiger partial charge < -0.3 is 4.74 Å². The third-order valence-corrected chi connectivity index (χ3v) is 4.55. The summed E-state index contributed by atoms with van der Waals surface area (Å²) in [6.07, 6.45) is -4.74. The van der Waals surface area contributed by atoms with Gasteiger partial charge >= 0.3 is 6.18 Å². The van der Waals surface area contributed by atoms with E-state index >= 15 is 0 Å². The second-order valence-electron chi connectivity index (χ2n) is 5.44. The summed E-state index contributed by atoms with van der Waals surface area (Å²) in [5.74, 6) is -0.897. The molecule has 2 N–H and O–H groups in total. The molecule has 0 bridgehead atoms. The van der Waals surface area contributed by atoms with E-state index in [4.69, 9.17) is 9.88 Å². The SMILES string of the molecule is COc1ccc(-n2nc(C(F)(F)F)nc2-c2ccc(S(N)(=O)=O)cc2)cc1. The summed E-state index contributed by atoms with van der Waals surface area (Å²) in [5, 5.41) is 8.59. The van der Waals surface area contributed by atoms with E-state index in [0.717, 1.165) is 4.68 Å². The van der Waals surface area contributed by atoms with E-state index in [9.17, 15) is 21.6 Å². The number of nitrogens with two attached hydrogens (primary N) is 1. The van der Waals surface area contributed by atoms with Gasteiger partial charge in [0.15, 0.2) is 5.82 Å². The predicted octanol–water partition coefficient (Wildman–Crippen LogP) is 2.61. The molecule has 0 aliphatic rings. The largest absolute Gasteiger partial charge is 0.497 e. The van der Waals surface area contributed by atoms with Gasteiger partial charge in [-0.15, -0.1) is 5.10 Å². The topological polar surface area (TPSA) is 100 Å². The zero-order valence-corrected chi connectivity index (χ0v) is 14.6. The van der Waals surface area contributed by atoms with Crippen molar-refractivity contribution in [2.24, 2.45) is 5.14 Å². The molecule has 0 amide bonds. The number of hydrogen-bond acceptors (Lipinski definition) is 5. The average Bonchev–Trinajstić information content (AvgIpc) is 3.07. The minimum absolute atomic E-state index is 0.103. The van der Waals surface area contributed by atoms with Crippen molar-refractivity contribution in [1.82, 2.24) is 14.8 Å². The van der Waals surface area contributed by atoms with E-state index in [-0.39, 0.29) is 16.3 Å². The molecule has 0 saturated carbocycles. The number of alkyl halides is 3. The van der Waals surface area contributed by atoms with Gasteiger partial charge in [0.1, 0.15) is 5.75 Å². The molecule has 0 saturated heterocycles. The lowest BCUT2D eigenvalue weighted by molar-refractivity contribution is -0.144. The lowest BCUT2D eigenvalue weighted by Gasteiger charge is -2.07. The average molecular weight is 398 g/mol. The van der Waals surface area contributed by atoms with Gasteiger partial charge in [-0.25, -0.2) is 23.2 Å². The van der Waals surface area contributed by atoms with Crippen LogP contribution in [-0.2, 0) is 16.2 Å². The van der Waals surface area contributed by atoms with Crippen molar-refractivity contribution in [3.63, 3.8) is 0 Å². The first kappa shape index (κ1) is 18.9. The van der Waals surface area contributed by atoms with Crippen molar-refractivity contribution < 1.29 is 26.3 Å². The lowest BCUT2D eigenvalue weighted by Crippen LogP contribution is -2.11. The summed E-state index contributed by atoms with van der Waals surface area (Å²) in [6, 6.07) is 11.2. The predicted molar refractivity (Wildman–Crippen MR) is 89.7 cm³/mol. The Labute approximate surface area is 152 Å². The van der Waals surface area contributed by atoms with Crippen LogP contribution in [0.25, 0.3) is 17.1 Å². The molecule has 7 nitrogen and oxygen atoms in total. The third kappa shape index (κ3) is 3.93. The molecular formula is C16H13F3N4O3S. The zero-order valence-electron chi connectivity index (χ0n) is 13.8. The Morgan fingerprint density at radius 1 is 1.04 bits per heavy atom. The third-order valence-electron chi connectivity index (χ3n) is 3.62. The van der Waals surface area contributed by atoms with Crippen molar-refractivity contribution >= 4 is 10.0 Å². The number of halogens is 3. The quantitative estimate of drug-likeness (QED) is 0.728. The maximum atomic E-state index is 13.1. The van der Waals surface area contributed by atoms with Gasteiger partial charge in [-0.05, 0) is 48.5 Å². The first-order valence-electron chi connectivity index (χ1n) is 7.41. The maximum absolute atomic E-state index is 13.1. The van der Waals surface area contributed by atoms with Crippen molar-refractivity contribution in [1.29, 1.82) is 0 Å². The lowest BCUT2D eigenvalue weighted by atomic mass is 10.2. The number of ether oxygens (including phenoxy) is 1. The molecule has 0 atom stereocenters. The minimum Gasteiger partial charge on any atom is -0.497 e. The summed E-state index contributed by atoms with van der Waals surface area (Å²) in [4.78, 5) is 3.41. The number of primary sulfonamides is 1. The van der Waals surface area contributed by atoms with Crippen LogP contribution in [0, 0.1) is 0 Å². The van der Waals surface area contributed by atoms with Gasteiger partial charge in [-0.2, -0.15) is 13.2 Å². The van der Waals surface area contributed by atoms with Gasteiger partial charge in [0.2, 0.25) is 10.0 Å². The molecule has 27 heavy (non-hydrogen) atoms. The molecule has 3 aromatic rings. The van der Waals surface area contributed by atoms with E-state index in [1.54, 1.807) is 12.1 Å². The van der Waals surface area contributed by atoms with Crippen LogP contribution in [0.1, 0.15) is 5.82 Å². The normalized spacial score (nSPS) is 12.2. The molecule has 1 aromatic heterocycles. The number of sulfonamides is 1. The highest BCUT2D eigenvalue weighted by Crippen LogP contribution is 2.31. The number of nitrogens with zero attached hydrogens (tertiary/aromatic N) is 3. The maximum Gasteiger partial charge on any atom is 0.453 e. The van der Waals surface area contributed by atoms with E-state index in [1.165, 1.54) is 43.5 Å². The molecular weight excluding hydrogens is 385 g/mol. The highest BCUT2D eigenvalue weighted by Gasteiger charge is 2.37. The molecule has 0 aliphatic heterocycles. The van der Waals surface area contributed by atoms with E-state index in [0.29, 0.717) is 11.4 Å². The summed E-state index contributed by atoms with van der Waals surface area (Å²) >= 11 is 0. The fourth-order valence-electron chi connectivity index (χ4n) is 2.32. The molecule has 11 heteroatoms. The number of benzene rings is 2. The van der Waals surface area contributed by atoms with E-state index in [1.807, 2.05) is 0 Å². The summed E-state index contributed by atoms with van der Waals surface area (Å²) in [7, 11) is -2.46.